The van der Waals surface area contributed by atoms with Gasteiger partial charge in [0, 0.05) is 6.42 Å². The zero-order valence-corrected chi connectivity index (χ0v) is 15.0. The highest BCUT2D eigenvalue weighted by atomic mass is 16.1. The van der Waals surface area contributed by atoms with E-state index in [1.54, 1.807) is 0 Å². The van der Waals surface area contributed by atoms with Crippen LogP contribution < -0.4 is 0 Å². The molecule has 0 heterocycles. The van der Waals surface area contributed by atoms with Crippen molar-refractivity contribution in [2.75, 3.05) is 0 Å². The SMILES string of the molecule is C=CCCCCCCCCCCCCCCCCCCC=O. The molecule has 0 bridgehead atoms. The Kier molecular flexibility index (Phi) is 19.9. The molecule has 0 spiro atoms. The van der Waals surface area contributed by atoms with Crippen LogP contribution in [-0.2, 0) is 4.79 Å². The molecule has 1 heteroatoms. The van der Waals surface area contributed by atoms with E-state index in [-0.39, 0.29) is 0 Å². The minimum atomic E-state index is 0.759. The Hall–Kier alpha value is -0.590. The van der Waals surface area contributed by atoms with Crippen LogP contribution >= 0.6 is 0 Å². The van der Waals surface area contributed by atoms with Gasteiger partial charge in [-0.2, -0.15) is 0 Å². The van der Waals surface area contributed by atoms with Gasteiger partial charge in [-0.05, 0) is 19.3 Å². The average molecular weight is 309 g/mol. The maximum Gasteiger partial charge on any atom is 0.119 e. The smallest absolute Gasteiger partial charge is 0.119 e. The highest BCUT2D eigenvalue weighted by molar-refractivity contribution is 5.48. The third kappa shape index (κ3) is 19.4. The second-order valence-corrected chi connectivity index (χ2v) is 6.69. The van der Waals surface area contributed by atoms with E-state index in [1.807, 2.05) is 6.08 Å². The minimum Gasteiger partial charge on any atom is -0.303 e. The number of hydrogen-bond acceptors (Lipinski definition) is 1. The lowest BCUT2D eigenvalue weighted by Crippen LogP contribution is -1.84. The number of rotatable bonds is 19. The number of aldehydes is 1. The molecular formula is C21H40O. The molecule has 0 aromatic rings. The fourth-order valence-corrected chi connectivity index (χ4v) is 2.99. The summed E-state index contributed by atoms with van der Waals surface area (Å²) in [5.74, 6) is 0. The summed E-state index contributed by atoms with van der Waals surface area (Å²) in [6.45, 7) is 3.76. The summed E-state index contributed by atoms with van der Waals surface area (Å²) >= 11 is 0. The highest BCUT2D eigenvalue weighted by Crippen LogP contribution is 2.14. The second-order valence-electron chi connectivity index (χ2n) is 6.69. The summed E-state index contributed by atoms with van der Waals surface area (Å²) in [5.41, 5.74) is 0. The summed E-state index contributed by atoms with van der Waals surface area (Å²) in [6, 6.07) is 0. The zero-order chi connectivity index (χ0) is 16.1. The van der Waals surface area contributed by atoms with Crippen molar-refractivity contribution in [2.45, 2.75) is 116 Å². The van der Waals surface area contributed by atoms with Gasteiger partial charge in [0.2, 0.25) is 0 Å². The van der Waals surface area contributed by atoms with Crippen molar-refractivity contribution in [3.63, 3.8) is 0 Å². The molecule has 0 saturated heterocycles. The van der Waals surface area contributed by atoms with Crippen molar-refractivity contribution in [3.05, 3.63) is 12.7 Å². The van der Waals surface area contributed by atoms with Crippen LogP contribution in [0.1, 0.15) is 116 Å². The van der Waals surface area contributed by atoms with Crippen LogP contribution in [0, 0.1) is 0 Å². The van der Waals surface area contributed by atoms with Gasteiger partial charge in [-0.25, -0.2) is 0 Å². The van der Waals surface area contributed by atoms with Crippen molar-refractivity contribution in [1.29, 1.82) is 0 Å². The van der Waals surface area contributed by atoms with Gasteiger partial charge in [0.15, 0.2) is 0 Å². The van der Waals surface area contributed by atoms with Crippen LogP contribution in [0.4, 0.5) is 0 Å². The van der Waals surface area contributed by atoms with Crippen molar-refractivity contribution >= 4 is 6.29 Å². The average Bonchev–Trinajstić information content (AvgIpc) is 2.54. The van der Waals surface area contributed by atoms with Crippen molar-refractivity contribution in [2.24, 2.45) is 0 Å². The first-order chi connectivity index (χ1) is 10.9. The van der Waals surface area contributed by atoms with E-state index in [9.17, 15) is 4.79 Å². The molecule has 1 nitrogen and oxygen atoms in total. The van der Waals surface area contributed by atoms with Crippen molar-refractivity contribution < 1.29 is 4.79 Å². The Balaban J connectivity index is 2.94. The van der Waals surface area contributed by atoms with E-state index < -0.39 is 0 Å². The first-order valence-corrected chi connectivity index (χ1v) is 9.96. The Morgan fingerprint density at radius 3 is 1.00 bits per heavy atom. The Morgan fingerprint density at radius 2 is 0.727 bits per heavy atom. The monoisotopic (exact) mass is 308 g/mol. The van der Waals surface area contributed by atoms with E-state index in [4.69, 9.17) is 0 Å². The molecule has 130 valence electrons. The zero-order valence-electron chi connectivity index (χ0n) is 15.0. The number of carbonyl (C=O) groups is 1. The van der Waals surface area contributed by atoms with E-state index >= 15 is 0 Å². The first kappa shape index (κ1) is 21.4. The molecule has 0 atom stereocenters. The summed E-state index contributed by atoms with van der Waals surface area (Å²) in [7, 11) is 0. The van der Waals surface area contributed by atoms with Crippen molar-refractivity contribution in [3.8, 4) is 0 Å². The third-order valence-corrected chi connectivity index (χ3v) is 4.48. The van der Waals surface area contributed by atoms with E-state index in [1.165, 1.54) is 103 Å². The molecule has 22 heavy (non-hydrogen) atoms. The van der Waals surface area contributed by atoms with E-state index in [2.05, 4.69) is 6.58 Å². The van der Waals surface area contributed by atoms with Crippen LogP contribution in [0.3, 0.4) is 0 Å². The Labute approximate surface area is 140 Å². The third-order valence-electron chi connectivity index (χ3n) is 4.48. The first-order valence-electron chi connectivity index (χ1n) is 9.96. The summed E-state index contributed by atoms with van der Waals surface area (Å²) in [4.78, 5) is 10.2. The lowest BCUT2D eigenvalue weighted by atomic mass is 10.0. The normalized spacial score (nSPS) is 10.7. The summed E-state index contributed by atoms with van der Waals surface area (Å²) < 4.78 is 0. The maximum absolute atomic E-state index is 10.2. The Morgan fingerprint density at radius 1 is 0.455 bits per heavy atom. The van der Waals surface area contributed by atoms with E-state index in [0.717, 1.165) is 19.1 Å². The molecular weight excluding hydrogens is 268 g/mol. The molecule has 0 aliphatic carbocycles. The highest BCUT2D eigenvalue weighted by Gasteiger charge is 1.94. The number of allylic oxidation sites excluding steroid dienone is 1. The van der Waals surface area contributed by atoms with Gasteiger partial charge >= 0.3 is 0 Å². The molecule has 0 unspecified atom stereocenters. The molecule has 0 rings (SSSR count). The summed E-state index contributed by atoms with van der Waals surface area (Å²) in [5, 5.41) is 0. The maximum atomic E-state index is 10.2. The molecule has 0 aromatic heterocycles. The molecule has 0 radical (unpaired) electrons. The van der Waals surface area contributed by atoms with Gasteiger partial charge < -0.3 is 4.79 Å². The van der Waals surface area contributed by atoms with Gasteiger partial charge in [0.25, 0.3) is 0 Å². The lowest BCUT2D eigenvalue weighted by molar-refractivity contribution is -0.107. The van der Waals surface area contributed by atoms with Gasteiger partial charge in [-0.3, -0.25) is 0 Å². The molecule has 0 aromatic carbocycles. The van der Waals surface area contributed by atoms with Crippen LogP contribution in [0.5, 0.6) is 0 Å². The second kappa shape index (κ2) is 20.4. The fourth-order valence-electron chi connectivity index (χ4n) is 2.99. The van der Waals surface area contributed by atoms with Crippen LogP contribution in [0.2, 0.25) is 0 Å². The molecule has 0 aliphatic rings. The van der Waals surface area contributed by atoms with Gasteiger partial charge in [-0.1, -0.05) is 96.0 Å². The molecule has 0 N–H and O–H groups in total. The molecule has 0 fully saturated rings. The topological polar surface area (TPSA) is 17.1 Å². The number of hydrogen-bond donors (Lipinski definition) is 0. The van der Waals surface area contributed by atoms with E-state index in [0.29, 0.717) is 0 Å². The molecule has 0 aliphatic heterocycles. The predicted molar refractivity (Wildman–Crippen MR) is 99.4 cm³/mol. The number of carbonyl (C=O) groups excluding carboxylic acids is 1. The predicted octanol–water partition coefficient (Wildman–Crippen LogP) is 7.39. The Bertz CT molecular complexity index is 198. The molecule has 0 amide bonds. The number of unbranched alkanes of at least 4 members (excludes halogenated alkanes) is 17. The molecule has 0 saturated carbocycles. The minimum absolute atomic E-state index is 0.759. The quantitative estimate of drug-likeness (QED) is 0.138. The van der Waals surface area contributed by atoms with Crippen LogP contribution in [0.25, 0.3) is 0 Å². The van der Waals surface area contributed by atoms with Crippen LogP contribution in [-0.4, -0.2) is 6.29 Å². The fraction of sp³-hybridized carbons (Fsp3) is 0.857. The van der Waals surface area contributed by atoms with Gasteiger partial charge in [-0.15, -0.1) is 6.58 Å². The van der Waals surface area contributed by atoms with Crippen molar-refractivity contribution in [1.82, 2.24) is 0 Å². The summed E-state index contributed by atoms with van der Waals surface area (Å²) in [6.07, 6.45) is 27.1. The lowest BCUT2D eigenvalue weighted by Gasteiger charge is -2.03. The largest absolute Gasteiger partial charge is 0.303 e. The van der Waals surface area contributed by atoms with Gasteiger partial charge in [0.1, 0.15) is 6.29 Å². The standard InChI is InChI=1S/C21H40O/c1-2-3-4-5-6-7-8-9-10-11-12-13-14-15-16-17-18-19-20-21-22/h2,21H,1,3-20H2. The van der Waals surface area contributed by atoms with Gasteiger partial charge in [0.05, 0.1) is 0 Å². The van der Waals surface area contributed by atoms with Crippen LogP contribution in [0.15, 0.2) is 12.7 Å².